The number of hydrogen-bond donors (Lipinski definition) is 1. The zero-order valence-electron chi connectivity index (χ0n) is 20.5. The van der Waals surface area contributed by atoms with Crippen molar-refractivity contribution < 1.29 is 26.4 Å². The lowest BCUT2D eigenvalue weighted by Gasteiger charge is -2.08. The van der Waals surface area contributed by atoms with Crippen LogP contribution in [0.4, 0.5) is 13.2 Å². The lowest BCUT2D eigenvalue weighted by atomic mass is 10.1. The fourth-order valence-electron chi connectivity index (χ4n) is 4.20. The van der Waals surface area contributed by atoms with Crippen molar-refractivity contribution in [1.29, 1.82) is 0 Å². The van der Waals surface area contributed by atoms with E-state index in [4.69, 9.17) is 0 Å². The molecule has 0 spiro atoms. The Bertz CT molecular complexity index is 1800. The summed E-state index contributed by atoms with van der Waals surface area (Å²) in [5.41, 5.74) is 1.43. The summed E-state index contributed by atoms with van der Waals surface area (Å²) in [5.74, 6) is -3.75. The zero-order valence-corrected chi connectivity index (χ0v) is 21.3. The van der Waals surface area contributed by atoms with Gasteiger partial charge in [-0.2, -0.15) is 5.10 Å². The molecule has 200 valence electrons. The molecule has 13 heteroatoms. The summed E-state index contributed by atoms with van der Waals surface area (Å²) >= 11 is 0. The molecule has 0 aliphatic rings. The summed E-state index contributed by atoms with van der Waals surface area (Å²) in [4.78, 5) is 19.4. The number of aryl methyl sites for hydroxylation is 1. The number of rotatable bonds is 8. The zero-order chi connectivity index (χ0) is 27.7. The summed E-state index contributed by atoms with van der Waals surface area (Å²) in [6, 6.07) is 6.10. The lowest BCUT2D eigenvalue weighted by Crippen LogP contribution is -2.29. The summed E-state index contributed by atoms with van der Waals surface area (Å²) in [7, 11) is -2.42. The Morgan fingerprint density at radius 2 is 1.82 bits per heavy atom. The highest BCUT2D eigenvalue weighted by molar-refractivity contribution is 7.91. The minimum absolute atomic E-state index is 0.00425. The number of sulfone groups is 1. The monoisotopic (exact) mass is 554 g/mol. The molecule has 0 aliphatic heterocycles. The van der Waals surface area contributed by atoms with E-state index in [1.54, 1.807) is 30.2 Å². The van der Waals surface area contributed by atoms with Gasteiger partial charge in [0.2, 0.25) is 0 Å². The van der Waals surface area contributed by atoms with Crippen LogP contribution < -0.4 is 5.32 Å². The van der Waals surface area contributed by atoms with Crippen molar-refractivity contribution in [2.24, 2.45) is 7.05 Å². The molecule has 39 heavy (non-hydrogen) atoms. The second-order valence-electron chi connectivity index (χ2n) is 8.78. The van der Waals surface area contributed by atoms with Crippen LogP contribution in [0, 0.1) is 17.5 Å². The Balaban J connectivity index is 1.44. The lowest BCUT2D eigenvalue weighted by molar-refractivity contribution is 0.0950. The number of nitrogens with zero attached hydrogens (tertiary/aromatic N) is 5. The van der Waals surface area contributed by atoms with Gasteiger partial charge in [-0.15, -0.1) is 0 Å². The molecule has 1 amide bonds. The van der Waals surface area contributed by atoms with Gasteiger partial charge in [-0.05, 0) is 17.7 Å². The number of benzene rings is 2. The average Bonchev–Trinajstić information content (AvgIpc) is 3.50. The largest absolute Gasteiger partial charge is 0.350 e. The maximum atomic E-state index is 15.1. The van der Waals surface area contributed by atoms with Crippen molar-refractivity contribution in [2.45, 2.75) is 11.4 Å². The third kappa shape index (κ3) is 5.39. The molecule has 9 nitrogen and oxygen atoms in total. The molecule has 0 saturated carbocycles. The van der Waals surface area contributed by atoms with Crippen molar-refractivity contribution in [3.8, 4) is 11.1 Å². The molecule has 0 bridgehead atoms. The second kappa shape index (κ2) is 10.3. The molecule has 0 radical (unpaired) electrons. The number of nitrogens with one attached hydrogen (secondary N) is 1. The van der Waals surface area contributed by atoms with Gasteiger partial charge in [0.05, 0.1) is 40.5 Å². The van der Waals surface area contributed by atoms with Crippen LogP contribution in [-0.4, -0.2) is 50.9 Å². The highest BCUT2D eigenvalue weighted by atomic mass is 32.2. The average molecular weight is 555 g/mol. The number of hydrogen-bond acceptors (Lipinski definition) is 6. The maximum Gasteiger partial charge on any atom is 0.271 e. The minimum atomic E-state index is -4.16. The van der Waals surface area contributed by atoms with Crippen LogP contribution in [0.15, 0.2) is 72.4 Å². The van der Waals surface area contributed by atoms with Gasteiger partial charge in [0.15, 0.2) is 9.84 Å². The van der Waals surface area contributed by atoms with Gasteiger partial charge < -0.3 is 9.88 Å². The molecule has 5 rings (SSSR count). The Morgan fingerprint density at radius 3 is 2.51 bits per heavy atom. The maximum absolute atomic E-state index is 15.1. The van der Waals surface area contributed by atoms with Crippen LogP contribution in [0.5, 0.6) is 0 Å². The molecular formula is C26H21F3N6O3S. The van der Waals surface area contributed by atoms with Crippen molar-refractivity contribution in [3.05, 3.63) is 96.2 Å². The molecule has 0 aliphatic carbocycles. The van der Waals surface area contributed by atoms with Crippen LogP contribution >= 0.6 is 0 Å². The third-order valence-electron chi connectivity index (χ3n) is 6.08. The molecule has 3 aromatic heterocycles. The van der Waals surface area contributed by atoms with E-state index in [9.17, 15) is 22.0 Å². The molecule has 0 saturated heterocycles. The van der Waals surface area contributed by atoms with Gasteiger partial charge in [-0.25, -0.2) is 26.6 Å². The van der Waals surface area contributed by atoms with E-state index in [0.29, 0.717) is 17.2 Å². The number of fused-ring (bicyclic) bond motifs is 1. The SMILES string of the molecule is Cn1cc(-c2ccc(Cn3cc(S(=O)(=O)CCNC(=O)c4cnccn4)c4c(F)cc(F)cc43)c(F)c2)cn1. The molecule has 1 N–H and O–H groups in total. The first-order valence-electron chi connectivity index (χ1n) is 11.6. The van der Waals surface area contributed by atoms with Crippen LogP contribution in [-0.2, 0) is 23.4 Å². The molecule has 5 aromatic rings. The Morgan fingerprint density at radius 1 is 1.00 bits per heavy atom. The van der Waals surface area contributed by atoms with E-state index < -0.39 is 43.8 Å². The van der Waals surface area contributed by atoms with Crippen molar-refractivity contribution in [3.63, 3.8) is 0 Å². The Labute approximate surface area is 220 Å². The predicted octanol–water partition coefficient (Wildman–Crippen LogP) is 3.50. The smallest absolute Gasteiger partial charge is 0.271 e. The Kier molecular flexibility index (Phi) is 6.91. The molecule has 3 heterocycles. The van der Waals surface area contributed by atoms with Gasteiger partial charge in [-0.3, -0.25) is 14.5 Å². The van der Waals surface area contributed by atoms with Gasteiger partial charge >= 0.3 is 0 Å². The van der Waals surface area contributed by atoms with E-state index >= 15 is 4.39 Å². The van der Waals surface area contributed by atoms with Crippen molar-refractivity contribution >= 4 is 26.6 Å². The number of carbonyl (C=O) groups is 1. The fraction of sp³-hybridized carbons (Fsp3) is 0.154. The van der Waals surface area contributed by atoms with Crippen LogP contribution in [0.2, 0.25) is 0 Å². The quantitative estimate of drug-likeness (QED) is 0.314. The van der Waals surface area contributed by atoms with Crippen LogP contribution in [0.25, 0.3) is 22.0 Å². The first-order chi connectivity index (χ1) is 18.6. The van der Waals surface area contributed by atoms with Gasteiger partial charge in [0.25, 0.3) is 5.91 Å². The summed E-state index contributed by atoms with van der Waals surface area (Å²) < 4.78 is 73.4. The standard InChI is InChI=1S/C26H21F3N6O3S/c1-34-13-18(11-33-34)16-2-3-17(20(28)8-16)14-35-15-24(25-21(29)9-19(27)10-23(25)35)39(37,38)7-6-32-26(36)22-12-30-4-5-31-22/h2-5,8-13,15H,6-7,14H2,1H3,(H,32,36). The fourth-order valence-corrected chi connectivity index (χ4v) is 5.59. The number of halogens is 3. The molecule has 0 atom stereocenters. The minimum Gasteiger partial charge on any atom is -0.350 e. The van der Waals surface area contributed by atoms with E-state index in [1.165, 1.54) is 35.3 Å². The van der Waals surface area contributed by atoms with E-state index in [0.717, 1.165) is 12.3 Å². The molecule has 0 fully saturated rings. The van der Waals surface area contributed by atoms with Gasteiger partial charge in [-0.1, -0.05) is 12.1 Å². The van der Waals surface area contributed by atoms with Crippen molar-refractivity contribution in [1.82, 2.24) is 29.6 Å². The molecule has 0 unspecified atom stereocenters. The van der Waals surface area contributed by atoms with Crippen molar-refractivity contribution in [2.75, 3.05) is 12.3 Å². The van der Waals surface area contributed by atoms with Gasteiger partial charge in [0, 0.05) is 55.6 Å². The normalized spacial score (nSPS) is 11.7. The van der Waals surface area contributed by atoms with E-state index in [1.807, 2.05) is 0 Å². The first kappa shape index (κ1) is 26.1. The topological polar surface area (TPSA) is 112 Å². The summed E-state index contributed by atoms with van der Waals surface area (Å²) in [6.07, 6.45) is 8.40. The summed E-state index contributed by atoms with van der Waals surface area (Å²) in [5, 5.41) is 6.19. The first-order valence-corrected chi connectivity index (χ1v) is 13.3. The highest BCUT2D eigenvalue weighted by Crippen LogP contribution is 2.31. The second-order valence-corrected chi connectivity index (χ2v) is 10.9. The molecule has 2 aromatic carbocycles. The number of aromatic nitrogens is 5. The Hall–Kier alpha value is -4.52. The van der Waals surface area contributed by atoms with Crippen LogP contribution in [0.3, 0.4) is 0 Å². The van der Waals surface area contributed by atoms with E-state index in [-0.39, 0.29) is 35.2 Å². The van der Waals surface area contributed by atoms with E-state index in [2.05, 4.69) is 20.4 Å². The highest BCUT2D eigenvalue weighted by Gasteiger charge is 2.25. The predicted molar refractivity (Wildman–Crippen MR) is 136 cm³/mol. The molecular weight excluding hydrogens is 533 g/mol. The number of carbonyl (C=O) groups excluding carboxylic acids is 1. The summed E-state index contributed by atoms with van der Waals surface area (Å²) in [6.45, 7) is -0.477. The number of amides is 1. The van der Waals surface area contributed by atoms with Crippen LogP contribution in [0.1, 0.15) is 16.1 Å². The third-order valence-corrected chi connectivity index (χ3v) is 7.80. The van der Waals surface area contributed by atoms with Gasteiger partial charge in [0.1, 0.15) is 23.1 Å².